The average Bonchev–Trinajstić information content (AvgIpc) is 3.34. The summed E-state index contributed by atoms with van der Waals surface area (Å²) in [5.41, 5.74) is 4.68. The molecule has 2 aliphatic carbocycles. The number of nitrogens with one attached hydrogen (secondary N) is 1. The van der Waals surface area contributed by atoms with Crippen LogP contribution in [-0.2, 0) is 11.4 Å². The van der Waals surface area contributed by atoms with Crippen molar-refractivity contribution in [2.75, 3.05) is 0 Å². The van der Waals surface area contributed by atoms with Gasteiger partial charge in [0.15, 0.2) is 0 Å². The highest BCUT2D eigenvalue weighted by atomic mass is 35.5. The maximum absolute atomic E-state index is 12.4. The minimum atomic E-state index is 0.0513. The van der Waals surface area contributed by atoms with Crippen LogP contribution < -0.4 is 10.2 Å². The van der Waals surface area contributed by atoms with Gasteiger partial charge in [-0.15, -0.1) is 0 Å². The first-order valence-electron chi connectivity index (χ1n) is 9.97. The molecule has 2 aliphatic rings. The molecule has 4 rings (SSSR count). The molecule has 29 heavy (non-hydrogen) atoms. The van der Waals surface area contributed by atoms with Crippen molar-refractivity contribution < 1.29 is 9.53 Å². The molecule has 4 nitrogen and oxygen atoms in total. The van der Waals surface area contributed by atoms with E-state index in [0.717, 1.165) is 23.3 Å². The number of hydrazone groups is 1. The largest absolute Gasteiger partial charge is 0.489 e. The molecule has 3 atom stereocenters. The standard InChI is InChI=1S/C23H24Cl2N2O2/c1-23-11-3-2-4-19(23)21(23)22(28)27-26-13-15-5-9-18(10-6-15)29-14-16-7-8-17(24)12-20(16)25/h5-10,12-13,19,21H,2-4,11,14H2,1H3,(H,27,28)/b26-13-/t19-,21-,23-/m0/s1. The van der Waals surface area contributed by atoms with Crippen molar-refractivity contribution in [3.05, 3.63) is 63.6 Å². The molecular weight excluding hydrogens is 407 g/mol. The Kier molecular flexibility index (Phi) is 5.84. The smallest absolute Gasteiger partial charge is 0.244 e. The molecule has 0 spiro atoms. The van der Waals surface area contributed by atoms with E-state index >= 15 is 0 Å². The Labute approximate surface area is 181 Å². The zero-order valence-corrected chi connectivity index (χ0v) is 17.8. The Morgan fingerprint density at radius 3 is 2.72 bits per heavy atom. The second kappa shape index (κ2) is 8.37. The molecule has 152 valence electrons. The number of amides is 1. The van der Waals surface area contributed by atoms with E-state index in [0.29, 0.717) is 22.6 Å². The van der Waals surface area contributed by atoms with Gasteiger partial charge in [0.25, 0.3) is 0 Å². The summed E-state index contributed by atoms with van der Waals surface area (Å²) in [4.78, 5) is 12.4. The summed E-state index contributed by atoms with van der Waals surface area (Å²) in [5.74, 6) is 1.44. The summed E-state index contributed by atoms with van der Waals surface area (Å²) in [5, 5.41) is 5.33. The number of hydrogen-bond donors (Lipinski definition) is 1. The number of ether oxygens (including phenoxy) is 1. The van der Waals surface area contributed by atoms with Gasteiger partial charge in [-0.2, -0.15) is 5.10 Å². The van der Waals surface area contributed by atoms with Crippen LogP contribution in [0.1, 0.15) is 43.7 Å². The van der Waals surface area contributed by atoms with E-state index in [1.807, 2.05) is 30.3 Å². The summed E-state index contributed by atoms with van der Waals surface area (Å²) in [6, 6.07) is 12.9. The summed E-state index contributed by atoms with van der Waals surface area (Å²) in [7, 11) is 0. The van der Waals surface area contributed by atoms with E-state index < -0.39 is 0 Å². The number of hydrogen-bond acceptors (Lipinski definition) is 3. The number of benzene rings is 2. The first kappa shape index (κ1) is 20.2. The molecule has 0 heterocycles. The van der Waals surface area contributed by atoms with Gasteiger partial charge in [0, 0.05) is 21.5 Å². The SMILES string of the molecule is C[C@]12CCCC[C@H]1[C@H]2C(=O)N/N=C\c1ccc(OCc2ccc(Cl)cc2Cl)cc1. The van der Waals surface area contributed by atoms with Gasteiger partial charge in [0.1, 0.15) is 12.4 Å². The van der Waals surface area contributed by atoms with Gasteiger partial charge >= 0.3 is 0 Å². The predicted octanol–water partition coefficient (Wildman–Crippen LogP) is 5.85. The number of nitrogens with zero attached hydrogens (tertiary/aromatic N) is 1. The quantitative estimate of drug-likeness (QED) is 0.461. The van der Waals surface area contributed by atoms with Crippen LogP contribution >= 0.6 is 23.2 Å². The third-order valence-electron chi connectivity index (χ3n) is 6.29. The predicted molar refractivity (Wildman–Crippen MR) is 117 cm³/mol. The maximum atomic E-state index is 12.4. The van der Waals surface area contributed by atoms with Crippen molar-refractivity contribution in [2.45, 2.75) is 39.2 Å². The van der Waals surface area contributed by atoms with Crippen LogP contribution in [-0.4, -0.2) is 12.1 Å². The summed E-state index contributed by atoms with van der Waals surface area (Å²) < 4.78 is 5.77. The lowest BCUT2D eigenvalue weighted by Crippen LogP contribution is -2.22. The third-order valence-corrected chi connectivity index (χ3v) is 6.88. The van der Waals surface area contributed by atoms with E-state index in [4.69, 9.17) is 27.9 Å². The van der Waals surface area contributed by atoms with Crippen LogP contribution in [0.25, 0.3) is 0 Å². The van der Waals surface area contributed by atoms with Crippen molar-refractivity contribution in [3.8, 4) is 5.75 Å². The van der Waals surface area contributed by atoms with Crippen molar-refractivity contribution in [1.29, 1.82) is 0 Å². The molecule has 0 aromatic heterocycles. The second-order valence-corrected chi connectivity index (χ2v) is 9.01. The number of halogens is 2. The molecule has 2 saturated carbocycles. The van der Waals surface area contributed by atoms with Gasteiger partial charge in [0.2, 0.25) is 5.91 Å². The fraction of sp³-hybridized carbons (Fsp3) is 0.391. The molecule has 1 amide bonds. The van der Waals surface area contributed by atoms with Crippen LogP contribution in [0.2, 0.25) is 10.0 Å². The summed E-state index contributed by atoms with van der Waals surface area (Å²) in [6.45, 7) is 2.60. The minimum absolute atomic E-state index is 0.0513. The van der Waals surface area contributed by atoms with E-state index in [-0.39, 0.29) is 17.2 Å². The highest BCUT2D eigenvalue weighted by molar-refractivity contribution is 6.35. The van der Waals surface area contributed by atoms with Crippen LogP contribution in [0.15, 0.2) is 47.6 Å². The Morgan fingerprint density at radius 1 is 1.24 bits per heavy atom. The van der Waals surface area contributed by atoms with Crippen molar-refractivity contribution in [3.63, 3.8) is 0 Å². The average molecular weight is 431 g/mol. The van der Waals surface area contributed by atoms with Gasteiger partial charge in [-0.3, -0.25) is 4.79 Å². The minimum Gasteiger partial charge on any atom is -0.489 e. The van der Waals surface area contributed by atoms with Crippen LogP contribution in [0, 0.1) is 17.3 Å². The van der Waals surface area contributed by atoms with Gasteiger partial charge in [0.05, 0.1) is 6.21 Å². The van der Waals surface area contributed by atoms with Crippen LogP contribution in [0.5, 0.6) is 5.75 Å². The lowest BCUT2D eigenvalue weighted by atomic mass is 9.90. The van der Waals surface area contributed by atoms with Gasteiger partial charge in [-0.1, -0.05) is 49.0 Å². The first-order valence-corrected chi connectivity index (χ1v) is 10.7. The monoisotopic (exact) mass is 430 g/mol. The third kappa shape index (κ3) is 4.44. The zero-order chi connectivity index (χ0) is 20.4. The fourth-order valence-electron chi connectivity index (χ4n) is 4.54. The summed E-state index contributed by atoms with van der Waals surface area (Å²) >= 11 is 12.1. The molecule has 0 radical (unpaired) electrons. The van der Waals surface area contributed by atoms with Gasteiger partial charge < -0.3 is 4.74 Å². The molecule has 2 fully saturated rings. The van der Waals surface area contributed by atoms with Crippen LogP contribution in [0.3, 0.4) is 0 Å². The Bertz CT molecular complexity index is 929. The number of rotatable bonds is 6. The molecule has 2 aromatic rings. The lowest BCUT2D eigenvalue weighted by molar-refractivity contribution is -0.123. The summed E-state index contributed by atoms with van der Waals surface area (Å²) in [6.07, 6.45) is 6.46. The highest BCUT2D eigenvalue weighted by Gasteiger charge is 2.64. The molecule has 0 unspecified atom stereocenters. The molecule has 6 heteroatoms. The first-order chi connectivity index (χ1) is 14.0. The number of carbonyl (C=O) groups excluding carboxylic acids is 1. The van der Waals surface area contributed by atoms with Gasteiger partial charge in [-0.25, -0.2) is 5.43 Å². The van der Waals surface area contributed by atoms with E-state index in [1.54, 1.807) is 18.3 Å². The Balaban J connectivity index is 1.27. The Morgan fingerprint density at radius 2 is 2.03 bits per heavy atom. The number of fused-ring (bicyclic) bond motifs is 1. The van der Waals surface area contributed by atoms with Gasteiger partial charge in [-0.05, 0) is 66.1 Å². The van der Waals surface area contributed by atoms with E-state index in [1.165, 1.54) is 19.3 Å². The zero-order valence-electron chi connectivity index (χ0n) is 16.3. The maximum Gasteiger partial charge on any atom is 0.244 e. The van der Waals surface area contributed by atoms with Crippen molar-refractivity contribution in [1.82, 2.24) is 5.43 Å². The fourth-order valence-corrected chi connectivity index (χ4v) is 5.00. The molecule has 0 bridgehead atoms. The molecule has 0 saturated heterocycles. The van der Waals surface area contributed by atoms with E-state index in [2.05, 4.69) is 17.5 Å². The molecular formula is C23H24Cl2N2O2. The van der Waals surface area contributed by atoms with Crippen LogP contribution in [0.4, 0.5) is 0 Å². The highest BCUT2D eigenvalue weighted by Crippen LogP contribution is 2.66. The molecule has 2 aromatic carbocycles. The van der Waals surface area contributed by atoms with Crippen molar-refractivity contribution in [2.24, 2.45) is 22.4 Å². The molecule has 1 N–H and O–H groups in total. The van der Waals surface area contributed by atoms with E-state index in [9.17, 15) is 4.79 Å². The molecule has 0 aliphatic heterocycles. The lowest BCUT2D eigenvalue weighted by Gasteiger charge is -2.15. The van der Waals surface area contributed by atoms with Crippen molar-refractivity contribution >= 4 is 35.3 Å². The second-order valence-electron chi connectivity index (χ2n) is 8.16. The Hall–Kier alpha value is -2.04. The normalized spacial score (nSPS) is 25.5. The topological polar surface area (TPSA) is 50.7 Å². The number of carbonyl (C=O) groups is 1.